The summed E-state index contributed by atoms with van der Waals surface area (Å²) < 4.78 is 6.04. The van der Waals surface area contributed by atoms with Gasteiger partial charge in [0.05, 0.1) is 0 Å². The van der Waals surface area contributed by atoms with Crippen molar-refractivity contribution >= 4 is 23.2 Å². The quantitative estimate of drug-likeness (QED) is 0.601. The van der Waals surface area contributed by atoms with Crippen molar-refractivity contribution in [1.82, 2.24) is 9.97 Å². The third kappa shape index (κ3) is 3.21. The highest BCUT2D eigenvalue weighted by molar-refractivity contribution is 6.34. The summed E-state index contributed by atoms with van der Waals surface area (Å²) in [6.07, 6.45) is 6.62. The van der Waals surface area contributed by atoms with Gasteiger partial charge in [0.25, 0.3) is 0 Å². The second kappa shape index (κ2) is 6.38. The number of hydrogen-bond acceptors (Lipinski definition) is 3. The Balaban J connectivity index is 2.42. The molecule has 0 aromatic carbocycles. The average molecular weight is 303 g/mol. The lowest BCUT2D eigenvalue weighted by atomic mass is 9.93. The van der Waals surface area contributed by atoms with E-state index in [-0.39, 0.29) is 0 Å². The van der Waals surface area contributed by atoms with Gasteiger partial charge in [-0.1, -0.05) is 48.9 Å². The molecule has 0 aliphatic heterocycles. The molecule has 19 heavy (non-hydrogen) atoms. The van der Waals surface area contributed by atoms with E-state index >= 15 is 0 Å². The van der Waals surface area contributed by atoms with E-state index in [2.05, 4.69) is 9.97 Å². The summed E-state index contributed by atoms with van der Waals surface area (Å²) in [5, 5.41) is 0.858. The molecule has 1 fully saturated rings. The summed E-state index contributed by atoms with van der Waals surface area (Å²) in [5.74, 6) is 0.650. The van der Waals surface area contributed by atoms with Crippen LogP contribution in [0.2, 0.25) is 10.3 Å². The van der Waals surface area contributed by atoms with Crippen LogP contribution in [0, 0.1) is 6.92 Å². The lowest BCUT2D eigenvalue weighted by molar-refractivity contribution is -0.0624. The minimum Gasteiger partial charge on any atom is -0.367 e. The maximum atomic E-state index is 6.15. The van der Waals surface area contributed by atoms with Crippen molar-refractivity contribution in [2.45, 2.75) is 58.0 Å². The Hall–Kier alpha value is -0.380. The minimum atomic E-state index is -0.410. The summed E-state index contributed by atoms with van der Waals surface area (Å²) in [4.78, 5) is 8.87. The molecule has 0 bridgehead atoms. The molecule has 1 saturated carbocycles. The van der Waals surface area contributed by atoms with Gasteiger partial charge >= 0.3 is 0 Å². The first-order valence-corrected chi connectivity index (χ1v) is 7.69. The van der Waals surface area contributed by atoms with E-state index in [9.17, 15) is 0 Å². The van der Waals surface area contributed by atoms with E-state index in [1.165, 1.54) is 12.8 Å². The zero-order valence-electron chi connectivity index (χ0n) is 11.5. The van der Waals surface area contributed by atoms with E-state index < -0.39 is 5.60 Å². The van der Waals surface area contributed by atoms with Gasteiger partial charge in [-0.3, -0.25) is 0 Å². The Morgan fingerprint density at radius 3 is 2.05 bits per heavy atom. The molecule has 106 valence electrons. The van der Waals surface area contributed by atoms with Crippen molar-refractivity contribution < 1.29 is 4.74 Å². The molecule has 0 N–H and O–H groups in total. The van der Waals surface area contributed by atoms with Crippen LogP contribution in [0.4, 0.5) is 0 Å². The lowest BCUT2D eigenvalue weighted by Crippen LogP contribution is -2.32. The Kier molecular flexibility index (Phi) is 5.04. The molecule has 3 nitrogen and oxygen atoms in total. The van der Waals surface area contributed by atoms with Gasteiger partial charge in [-0.25, -0.2) is 9.97 Å². The molecule has 1 aromatic heterocycles. The predicted molar refractivity (Wildman–Crippen MR) is 77.8 cm³/mol. The van der Waals surface area contributed by atoms with Crippen molar-refractivity contribution in [3.8, 4) is 0 Å². The highest BCUT2D eigenvalue weighted by Crippen LogP contribution is 2.39. The van der Waals surface area contributed by atoms with E-state index in [4.69, 9.17) is 27.9 Å². The van der Waals surface area contributed by atoms with Gasteiger partial charge in [0.15, 0.2) is 5.82 Å². The molecule has 0 radical (unpaired) electrons. The molecule has 2 rings (SSSR count). The second-order valence-corrected chi connectivity index (χ2v) is 5.81. The number of hydrogen-bond donors (Lipinski definition) is 0. The van der Waals surface area contributed by atoms with Crippen molar-refractivity contribution in [2.24, 2.45) is 0 Å². The molecule has 1 aliphatic carbocycles. The first kappa shape index (κ1) is 15.0. The Bertz CT molecular complexity index is 420. The first-order chi connectivity index (χ1) is 9.09. The van der Waals surface area contributed by atoms with Gasteiger partial charge in [0, 0.05) is 12.2 Å². The molecule has 0 saturated heterocycles. The number of nitrogens with zero attached hydrogens (tertiary/aromatic N) is 2. The maximum Gasteiger partial charge on any atom is 0.163 e. The van der Waals surface area contributed by atoms with Crippen LogP contribution in [0.15, 0.2) is 0 Å². The van der Waals surface area contributed by atoms with Gasteiger partial charge in [-0.05, 0) is 26.7 Å². The van der Waals surface area contributed by atoms with Crippen LogP contribution in [0.5, 0.6) is 0 Å². The van der Waals surface area contributed by atoms with Gasteiger partial charge in [-0.15, -0.1) is 0 Å². The van der Waals surface area contributed by atoms with E-state index in [0.29, 0.717) is 22.7 Å². The molecule has 1 aromatic rings. The fraction of sp³-hybridized carbons (Fsp3) is 0.714. The Labute approximate surface area is 124 Å². The third-order valence-electron chi connectivity index (χ3n) is 3.77. The number of rotatable bonds is 3. The Morgan fingerprint density at radius 2 is 1.58 bits per heavy atom. The summed E-state index contributed by atoms with van der Waals surface area (Å²) in [6, 6.07) is 0. The second-order valence-electron chi connectivity index (χ2n) is 5.10. The van der Waals surface area contributed by atoms with Gasteiger partial charge in [0.2, 0.25) is 0 Å². The van der Waals surface area contributed by atoms with Crippen LogP contribution in [0.1, 0.15) is 56.8 Å². The molecule has 1 aliphatic rings. The van der Waals surface area contributed by atoms with E-state index in [0.717, 1.165) is 31.2 Å². The molecule has 0 spiro atoms. The smallest absolute Gasteiger partial charge is 0.163 e. The van der Waals surface area contributed by atoms with Crippen LogP contribution >= 0.6 is 23.2 Å². The highest BCUT2D eigenvalue weighted by atomic mass is 35.5. The van der Waals surface area contributed by atoms with E-state index in [1.807, 2.05) is 13.8 Å². The lowest BCUT2D eigenvalue weighted by Gasteiger charge is -2.31. The van der Waals surface area contributed by atoms with Crippen LogP contribution in [-0.4, -0.2) is 16.6 Å². The van der Waals surface area contributed by atoms with Crippen molar-refractivity contribution in [2.75, 3.05) is 6.61 Å². The normalized spacial score (nSPS) is 19.2. The minimum absolute atomic E-state index is 0.410. The van der Waals surface area contributed by atoms with Crippen molar-refractivity contribution in [3.63, 3.8) is 0 Å². The maximum absolute atomic E-state index is 6.15. The molecular formula is C14H20Cl2N2O. The van der Waals surface area contributed by atoms with Gasteiger partial charge < -0.3 is 4.74 Å². The number of halogens is 2. The van der Waals surface area contributed by atoms with Crippen LogP contribution in [-0.2, 0) is 10.3 Å². The van der Waals surface area contributed by atoms with Gasteiger partial charge in [0.1, 0.15) is 15.9 Å². The fourth-order valence-electron chi connectivity index (χ4n) is 2.68. The fourth-order valence-corrected chi connectivity index (χ4v) is 3.06. The summed E-state index contributed by atoms with van der Waals surface area (Å²) >= 11 is 12.3. The largest absolute Gasteiger partial charge is 0.367 e. The van der Waals surface area contributed by atoms with Crippen LogP contribution in [0.3, 0.4) is 0 Å². The van der Waals surface area contributed by atoms with Gasteiger partial charge in [-0.2, -0.15) is 0 Å². The summed E-state index contributed by atoms with van der Waals surface area (Å²) in [5.41, 5.74) is 0.319. The Morgan fingerprint density at radius 1 is 1.05 bits per heavy atom. The summed E-state index contributed by atoms with van der Waals surface area (Å²) in [7, 11) is 0. The van der Waals surface area contributed by atoms with E-state index in [1.54, 1.807) is 0 Å². The molecule has 0 atom stereocenters. The molecule has 1 heterocycles. The number of aromatic nitrogens is 2. The summed E-state index contributed by atoms with van der Waals surface area (Å²) in [6.45, 7) is 4.48. The molecular weight excluding hydrogens is 283 g/mol. The predicted octanol–water partition coefficient (Wildman–Crippen LogP) is 4.68. The van der Waals surface area contributed by atoms with Crippen molar-refractivity contribution in [1.29, 1.82) is 0 Å². The van der Waals surface area contributed by atoms with Crippen LogP contribution < -0.4 is 0 Å². The average Bonchev–Trinajstić information content (AvgIpc) is 2.62. The zero-order valence-corrected chi connectivity index (χ0v) is 13.0. The monoisotopic (exact) mass is 302 g/mol. The van der Waals surface area contributed by atoms with Crippen LogP contribution in [0.25, 0.3) is 0 Å². The first-order valence-electron chi connectivity index (χ1n) is 6.93. The standard InChI is InChI=1S/C14H20Cl2N2O/c1-3-19-14(8-6-4-5-7-9-14)13-17-11(15)10(2)12(16)18-13/h3-9H2,1-2H3. The van der Waals surface area contributed by atoms with Crippen molar-refractivity contribution in [3.05, 3.63) is 21.7 Å². The topological polar surface area (TPSA) is 35.0 Å². The molecule has 5 heteroatoms. The zero-order chi connectivity index (χ0) is 13.9. The third-order valence-corrected chi connectivity index (χ3v) is 4.50. The SMILES string of the molecule is CCOC1(c2nc(Cl)c(C)c(Cl)n2)CCCCCC1. The highest BCUT2D eigenvalue weighted by Gasteiger charge is 2.37. The number of ether oxygens (including phenoxy) is 1. The molecule has 0 amide bonds. The molecule has 0 unspecified atom stereocenters.